The number of hydrogen-bond acceptors (Lipinski definition) is 2. The van der Waals surface area contributed by atoms with Crippen LogP contribution in [-0.4, -0.2) is 44.0 Å². The van der Waals surface area contributed by atoms with Crippen LogP contribution in [0.2, 0.25) is 0 Å². The van der Waals surface area contributed by atoms with E-state index >= 15 is 0 Å². The molecule has 2 aromatic carbocycles. The van der Waals surface area contributed by atoms with E-state index in [9.17, 15) is 4.79 Å². The lowest BCUT2D eigenvalue weighted by molar-refractivity contribution is -0.883. The first-order valence-electron chi connectivity index (χ1n) is 8.20. The molecule has 1 amide bonds. The van der Waals surface area contributed by atoms with Crippen LogP contribution in [0.4, 0.5) is 0 Å². The van der Waals surface area contributed by atoms with Crippen molar-refractivity contribution in [2.24, 2.45) is 0 Å². The summed E-state index contributed by atoms with van der Waals surface area (Å²) in [6.45, 7) is 4.11. The van der Waals surface area contributed by atoms with Gasteiger partial charge in [-0.05, 0) is 45.8 Å². The number of nitrogens with one attached hydrogen (secondary N) is 1. The Bertz CT molecular complexity index is 712. The fourth-order valence-electron chi connectivity index (χ4n) is 2.79. The van der Waals surface area contributed by atoms with Crippen molar-refractivity contribution in [3.8, 4) is 5.75 Å². The molecular formula is C19H22BrN2O2+. The van der Waals surface area contributed by atoms with Crippen LogP contribution in [0.5, 0.6) is 5.75 Å². The average Bonchev–Trinajstić information content (AvgIpc) is 2.61. The van der Waals surface area contributed by atoms with Crippen molar-refractivity contribution >= 4 is 21.8 Å². The molecule has 0 radical (unpaired) electrons. The minimum atomic E-state index is 0.116. The van der Waals surface area contributed by atoms with Crippen LogP contribution in [0.15, 0.2) is 53.0 Å². The third kappa shape index (κ3) is 4.16. The van der Waals surface area contributed by atoms with Gasteiger partial charge in [0.05, 0.1) is 37.7 Å². The molecule has 1 heterocycles. The van der Waals surface area contributed by atoms with Crippen LogP contribution >= 0.6 is 15.9 Å². The Hall–Kier alpha value is -1.85. The summed E-state index contributed by atoms with van der Waals surface area (Å²) in [6.07, 6.45) is 0. The van der Waals surface area contributed by atoms with E-state index in [1.807, 2.05) is 53.4 Å². The predicted molar refractivity (Wildman–Crippen MR) is 97.4 cm³/mol. The molecule has 1 fully saturated rings. The minimum Gasteiger partial charge on any atom is -0.488 e. The van der Waals surface area contributed by atoms with Crippen molar-refractivity contribution in [2.45, 2.75) is 6.61 Å². The number of piperazine rings is 1. The molecule has 0 unspecified atom stereocenters. The number of amides is 1. The summed E-state index contributed by atoms with van der Waals surface area (Å²) < 4.78 is 6.77. The molecule has 126 valence electrons. The molecule has 4 nitrogen and oxygen atoms in total. The van der Waals surface area contributed by atoms with E-state index in [4.69, 9.17) is 4.74 Å². The van der Waals surface area contributed by atoms with Gasteiger partial charge < -0.3 is 14.5 Å². The van der Waals surface area contributed by atoms with Gasteiger partial charge in [0.25, 0.3) is 5.91 Å². The second-order valence-electron chi connectivity index (χ2n) is 6.17. The number of hydrogen-bond donors (Lipinski definition) is 1. The zero-order chi connectivity index (χ0) is 16.9. The van der Waals surface area contributed by atoms with Gasteiger partial charge in [-0.25, -0.2) is 0 Å². The van der Waals surface area contributed by atoms with Gasteiger partial charge in [-0.15, -0.1) is 0 Å². The fraction of sp³-hybridized carbons (Fsp3) is 0.316. The third-order valence-electron chi connectivity index (χ3n) is 4.31. The fourth-order valence-corrected chi connectivity index (χ4v) is 3.19. The maximum atomic E-state index is 12.7. The molecule has 1 aliphatic heterocycles. The van der Waals surface area contributed by atoms with Gasteiger partial charge in [0.15, 0.2) is 0 Å². The maximum Gasteiger partial charge on any atom is 0.254 e. The molecule has 1 saturated heterocycles. The van der Waals surface area contributed by atoms with Crippen molar-refractivity contribution in [3.63, 3.8) is 0 Å². The van der Waals surface area contributed by atoms with Gasteiger partial charge in [-0.1, -0.05) is 24.3 Å². The highest BCUT2D eigenvalue weighted by Gasteiger charge is 2.22. The van der Waals surface area contributed by atoms with E-state index in [0.29, 0.717) is 6.61 Å². The molecule has 0 spiro atoms. The van der Waals surface area contributed by atoms with Crippen molar-refractivity contribution in [1.29, 1.82) is 0 Å². The van der Waals surface area contributed by atoms with Crippen LogP contribution in [0.1, 0.15) is 15.9 Å². The van der Waals surface area contributed by atoms with E-state index in [-0.39, 0.29) is 5.91 Å². The number of rotatable bonds is 4. The lowest BCUT2D eigenvalue weighted by Gasteiger charge is -2.30. The second-order valence-corrected chi connectivity index (χ2v) is 7.02. The number of ether oxygens (including phenoxy) is 1. The maximum absolute atomic E-state index is 12.7. The zero-order valence-corrected chi connectivity index (χ0v) is 15.4. The number of carbonyl (C=O) groups excluding carboxylic acids is 1. The lowest BCUT2D eigenvalue weighted by Crippen LogP contribution is -3.12. The Labute approximate surface area is 151 Å². The van der Waals surface area contributed by atoms with E-state index in [0.717, 1.165) is 47.5 Å². The molecule has 3 rings (SSSR count). The van der Waals surface area contributed by atoms with Crippen molar-refractivity contribution in [3.05, 3.63) is 64.1 Å². The molecule has 1 aliphatic rings. The first-order valence-corrected chi connectivity index (χ1v) is 8.99. The number of halogens is 1. The number of quaternary nitrogens is 1. The SMILES string of the molecule is C[NH+]1CCN(C(=O)c2cccc(COc3ccccc3Br)c2)CC1. The van der Waals surface area contributed by atoms with Crippen LogP contribution in [0.25, 0.3) is 0 Å². The highest BCUT2D eigenvalue weighted by molar-refractivity contribution is 9.10. The summed E-state index contributed by atoms with van der Waals surface area (Å²) in [5.74, 6) is 0.918. The summed E-state index contributed by atoms with van der Waals surface area (Å²) in [6, 6.07) is 15.5. The molecule has 24 heavy (non-hydrogen) atoms. The van der Waals surface area contributed by atoms with Gasteiger partial charge in [0, 0.05) is 5.56 Å². The second kappa shape index (κ2) is 7.81. The first kappa shape index (κ1) is 17.0. The monoisotopic (exact) mass is 389 g/mol. The summed E-state index contributed by atoms with van der Waals surface area (Å²) in [4.78, 5) is 16.1. The Morgan fingerprint density at radius 1 is 1.17 bits per heavy atom. The normalized spacial score (nSPS) is 15.3. The molecular weight excluding hydrogens is 368 g/mol. The smallest absolute Gasteiger partial charge is 0.254 e. The van der Waals surface area contributed by atoms with Gasteiger partial charge in [0.2, 0.25) is 0 Å². The third-order valence-corrected chi connectivity index (χ3v) is 4.96. The van der Waals surface area contributed by atoms with Gasteiger partial charge in [-0.2, -0.15) is 0 Å². The Morgan fingerprint density at radius 3 is 2.67 bits per heavy atom. The highest BCUT2D eigenvalue weighted by atomic mass is 79.9. The van der Waals surface area contributed by atoms with Crippen LogP contribution in [0.3, 0.4) is 0 Å². The molecule has 0 aliphatic carbocycles. The molecule has 5 heteroatoms. The quantitative estimate of drug-likeness (QED) is 0.867. The van der Waals surface area contributed by atoms with E-state index in [1.54, 1.807) is 0 Å². The van der Waals surface area contributed by atoms with Crippen molar-refractivity contribution in [1.82, 2.24) is 4.90 Å². The van der Waals surface area contributed by atoms with Gasteiger partial charge >= 0.3 is 0 Å². The molecule has 0 saturated carbocycles. The van der Waals surface area contributed by atoms with Crippen LogP contribution in [-0.2, 0) is 6.61 Å². The van der Waals surface area contributed by atoms with Gasteiger partial charge in [-0.3, -0.25) is 4.79 Å². The zero-order valence-electron chi connectivity index (χ0n) is 13.8. The van der Waals surface area contributed by atoms with Gasteiger partial charge in [0.1, 0.15) is 12.4 Å². The average molecular weight is 390 g/mol. The van der Waals surface area contributed by atoms with Crippen LogP contribution in [0, 0.1) is 0 Å². The molecule has 0 atom stereocenters. The molecule has 2 aromatic rings. The molecule has 1 N–H and O–H groups in total. The summed E-state index contributed by atoms with van der Waals surface area (Å²) in [5, 5.41) is 0. The number of nitrogens with zero attached hydrogens (tertiary/aromatic N) is 1. The van der Waals surface area contributed by atoms with Crippen molar-refractivity contribution in [2.75, 3.05) is 33.2 Å². The largest absolute Gasteiger partial charge is 0.488 e. The van der Waals surface area contributed by atoms with E-state index < -0.39 is 0 Å². The Morgan fingerprint density at radius 2 is 1.92 bits per heavy atom. The van der Waals surface area contributed by atoms with E-state index in [2.05, 4.69) is 23.0 Å². The Kier molecular flexibility index (Phi) is 5.53. The number of likely N-dealkylation sites (N-methyl/N-ethyl adjacent to an activating group) is 1. The summed E-state index contributed by atoms with van der Waals surface area (Å²) in [5.41, 5.74) is 1.74. The minimum absolute atomic E-state index is 0.116. The summed E-state index contributed by atoms with van der Waals surface area (Å²) >= 11 is 3.48. The van der Waals surface area contributed by atoms with Crippen LogP contribution < -0.4 is 9.64 Å². The topological polar surface area (TPSA) is 34.0 Å². The number of carbonyl (C=O) groups is 1. The Balaban J connectivity index is 1.65. The first-order chi connectivity index (χ1) is 11.6. The molecule has 0 aromatic heterocycles. The molecule has 0 bridgehead atoms. The highest BCUT2D eigenvalue weighted by Crippen LogP contribution is 2.24. The lowest BCUT2D eigenvalue weighted by atomic mass is 10.1. The summed E-state index contributed by atoms with van der Waals surface area (Å²) in [7, 11) is 2.17. The van der Waals surface area contributed by atoms with E-state index in [1.165, 1.54) is 4.90 Å². The standard InChI is InChI=1S/C19H21BrN2O2/c1-21-9-11-22(12-10-21)19(23)16-6-4-5-15(13-16)14-24-18-8-3-2-7-17(18)20/h2-8,13H,9-12,14H2,1H3/p+1. The number of benzene rings is 2. The van der Waals surface area contributed by atoms with Crippen molar-refractivity contribution < 1.29 is 14.4 Å². The predicted octanol–water partition coefficient (Wildman–Crippen LogP) is 2.00. The number of para-hydroxylation sites is 1.